The van der Waals surface area contributed by atoms with Gasteiger partial charge in [0.25, 0.3) is 0 Å². The van der Waals surface area contributed by atoms with Gasteiger partial charge in [0.2, 0.25) is 0 Å². The highest BCUT2D eigenvalue weighted by Crippen LogP contribution is 2.06. The van der Waals surface area contributed by atoms with Crippen molar-refractivity contribution in [3.63, 3.8) is 0 Å². The molecular formula is CH2ClN3O4. The van der Waals surface area contributed by atoms with Gasteiger partial charge >= 0.3 is 5.25 Å². The summed E-state index contributed by atoms with van der Waals surface area (Å²) in [5, 5.41) is 16.1. The summed E-state index contributed by atoms with van der Waals surface area (Å²) in [5.74, 6) is 0. The van der Waals surface area contributed by atoms with Gasteiger partial charge in [-0.05, 0) is 0 Å². The van der Waals surface area contributed by atoms with Crippen LogP contribution in [0.25, 0.3) is 0 Å². The van der Waals surface area contributed by atoms with Gasteiger partial charge < -0.3 is 0 Å². The van der Waals surface area contributed by atoms with Crippen LogP contribution in [0, 0.1) is 20.2 Å². The van der Waals surface area contributed by atoms with E-state index in [1.165, 1.54) is 0 Å². The summed E-state index contributed by atoms with van der Waals surface area (Å²) in [4.78, 5) is 16.4. The summed E-state index contributed by atoms with van der Waals surface area (Å²) in [6, 6.07) is 0. The van der Waals surface area contributed by atoms with Crippen molar-refractivity contribution in [2.24, 2.45) is 5.73 Å². The Bertz CT molecular complexity index is 138. The molecule has 0 aromatic carbocycles. The highest BCUT2D eigenvalue weighted by atomic mass is 35.5. The third-order valence-electron chi connectivity index (χ3n) is 0.512. The van der Waals surface area contributed by atoms with Crippen LogP contribution in [-0.2, 0) is 0 Å². The predicted molar refractivity (Wildman–Crippen MR) is 26.8 cm³/mol. The third kappa shape index (κ3) is 1.47. The van der Waals surface area contributed by atoms with Crippen molar-refractivity contribution < 1.29 is 9.85 Å². The Morgan fingerprint density at radius 2 is 1.56 bits per heavy atom. The minimum Gasteiger partial charge on any atom is -0.256 e. The number of halogens is 1. The predicted octanol–water partition coefficient (Wildman–Crippen LogP) is -0.651. The van der Waals surface area contributed by atoms with E-state index in [4.69, 9.17) is 0 Å². The van der Waals surface area contributed by atoms with E-state index in [1.807, 2.05) is 0 Å². The maximum absolute atomic E-state index is 9.57. The molecule has 0 fully saturated rings. The molecule has 0 aromatic rings. The maximum Gasteiger partial charge on any atom is 0.602 e. The van der Waals surface area contributed by atoms with Crippen molar-refractivity contribution in [1.82, 2.24) is 0 Å². The zero-order valence-electron chi connectivity index (χ0n) is 3.98. The molecule has 0 radical (unpaired) electrons. The summed E-state index contributed by atoms with van der Waals surface area (Å²) in [6.45, 7) is 0. The van der Waals surface area contributed by atoms with Gasteiger partial charge in [-0.2, -0.15) is 5.73 Å². The van der Waals surface area contributed by atoms with Crippen LogP contribution >= 0.6 is 11.6 Å². The van der Waals surface area contributed by atoms with E-state index >= 15 is 0 Å². The molecule has 0 saturated heterocycles. The lowest BCUT2D eigenvalue weighted by molar-refractivity contribution is -0.765. The second kappa shape index (κ2) is 2.11. The number of nitro groups is 2. The van der Waals surface area contributed by atoms with Gasteiger partial charge in [-0.25, -0.2) is 0 Å². The van der Waals surface area contributed by atoms with Gasteiger partial charge in [0.05, 0.1) is 11.6 Å². The van der Waals surface area contributed by atoms with E-state index in [0.717, 1.165) is 0 Å². The number of hydrogen-bond donors (Lipinski definition) is 1. The molecular weight excluding hydrogens is 153 g/mol. The second-order valence-electron chi connectivity index (χ2n) is 1.15. The molecule has 0 saturated carbocycles. The van der Waals surface area contributed by atoms with E-state index in [9.17, 15) is 20.2 Å². The summed E-state index contributed by atoms with van der Waals surface area (Å²) in [6.07, 6.45) is 0. The van der Waals surface area contributed by atoms with Crippen LogP contribution in [0.3, 0.4) is 0 Å². The van der Waals surface area contributed by atoms with Crippen LogP contribution in [-0.4, -0.2) is 15.1 Å². The fourth-order valence-corrected chi connectivity index (χ4v) is 0.0667. The molecule has 0 aliphatic heterocycles. The van der Waals surface area contributed by atoms with Gasteiger partial charge in [0, 0.05) is 0 Å². The summed E-state index contributed by atoms with van der Waals surface area (Å²) >= 11 is 4.59. The average molecular weight is 155 g/mol. The van der Waals surface area contributed by atoms with Crippen LogP contribution in [0.5, 0.6) is 0 Å². The largest absolute Gasteiger partial charge is 0.602 e. The Kier molecular flexibility index (Phi) is 1.89. The van der Waals surface area contributed by atoms with Gasteiger partial charge in [0.15, 0.2) is 0 Å². The first-order valence-electron chi connectivity index (χ1n) is 1.66. The lowest BCUT2D eigenvalue weighted by atomic mass is 10.9. The van der Waals surface area contributed by atoms with Gasteiger partial charge in [-0.3, -0.25) is 20.2 Å². The molecule has 0 bridgehead atoms. The SMILES string of the molecule is NC(Cl)([N+](=O)[O-])[N+](=O)[O-]. The molecule has 52 valence electrons. The first-order valence-corrected chi connectivity index (χ1v) is 2.03. The number of alkyl halides is 1. The molecule has 0 heterocycles. The maximum atomic E-state index is 9.57. The topological polar surface area (TPSA) is 112 Å². The van der Waals surface area contributed by atoms with Crippen LogP contribution in [0.15, 0.2) is 0 Å². The molecule has 0 spiro atoms. The molecule has 9 heavy (non-hydrogen) atoms. The Hall–Kier alpha value is -0.950. The molecule has 0 aliphatic rings. The van der Waals surface area contributed by atoms with E-state index in [0.29, 0.717) is 0 Å². The average Bonchev–Trinajstić information content (AvgIpc) is 1.65. The van der Waals surface area contributed by atoms with Crippen molar-refractivity contribution in [3.8, 4) is 0 Å². The lowest BCUT2D eigenvalue weighted by Gasteiger charge is -2.00. The van der Waals surface area contributed by atoms with E-state index in [2.05, 4.69) is 17.3 Å². The Labute approximate surface area is 53.7 Å². The molecule has 0 aliphatic carbocycles. The number of hydrogen-bond acceptors (Lipinski definition) is 5. The molecule has 0 unspecified atom stereocenters. The fraction of sp³-hybridized carbons (Fsp3) is 1.00. The Morgan fingerprint density at radius 3 is 1.56 bits per heavy atom. The Balaban J connectivity index is 4.38. The van der Waals surface area contributed by atoms with Crippen LogP contribution < -0.4 is 5.73 Å². The quantitative estimate of drug-likeness (QED) is 0.187. The summed E-state index contributed by atoms with van der Waals surface area (Å²) in [7, 11) is 0. The number of nitrogens with zero attached hydrogens (tertiary/aromatic N) is 2. The number of rotatable bonds is 2. The molecule has 7 nitrogen and oxygen atoms in total. The molecule has 2 N–H and O–H groups in total. The first kappa shape index (κ1) is 8.05. The van der Waals surface area contributed by atoms with Crippen molar-refractivity contribution >= 4 is 11.6 Å². The van der Waals surface area contributed by atoms with Crippen molar-refractivity contribution in [3.05, 3.63) is 20.2 Å². The molecule has 0 aromatic heterocycles. The highest BCUT2D eigenvalue weighted by Gasteiger charge is 2.49. The monoisotopic (exact) mass is 155 g/mol. The van der Waals surface area contributed by atoms with Crippen LogP contribution in [0.1, 0.15) is 0 Å². The molecule has 8 heteroatoms. The normalized spacial score (nSPS) is 10.9. The second-order valence-corrected chi connectivity index (χ2v) is 1.71. The van der Waals surface area contributed by atoms with Gasteiger partial charge in [0.1, 0.15) is 9.85 Å². The zero-order valence-corrected chi connectivity index (χ0v) is 4.74. The third-order valence-corrected chi connectivity index (χ3v) is 0.788. The van der Waals surface area contributed by atoms with Gasteiger partial charge in [-0.15, -0.1) is 0 Å². The minimum absolute atomic E-state index is 1.39. The van der Waals surface area contributed by atoms with E-state index in [1.54, 1.807) is 0 Å². The standard InChI is InChI=1S/CH2ClN3O4/c2-1(3,4(6)7)5(8)9/h3H2. The van der Waals surface area contributed by atoms with Crippen molar-refractivity contribution in [1.29, 1.82) is 0 Å². The Morgan fingerprint density at radius 1 is 1.33 bits per heavy atom. The molecule has 0 atom stereocenters. The smallest absolute Gasteiger partial charge is 0.256 e. The number of nitrogens with two attached hydrogens (primary N) is 1. The zero-order chi connectivity index (χ0) is 7.65. The molecule has 0 amide bonds. The summed E-state index contributed by atoms with van der Waals surface area (Å²) in [5.41, 5.74) is 4.37. The van der Waals surface area contributed by atoms with E-state index in [-0.39, 0.29) is 0 Å². The van der Waals surface area contributed by atoms with Crippen molar-refractivity contribution in [2.45, 2.75) is 5.25 Å². The van der Waals surface area contributed by atoms with Crippen molar-refractivity contribution in [2.75, 3.05) is 0 Å². The summed E-state index contributed by atoms with van der Waals surface area (Å²) < 4.78 is 0. The van der Waals surface area contributed by atoms with Gasteiger partial charge in [-0.1, -0.05) is 0 Å². The molecule has 0 rings (SSSR count). The van der Waals surface area contributed by atoms with E-state index < -0.39 is 15.1 Å². The minimum atomic E-state index is -3.08. The lowest BCUT2D eigenvalue weighted by Crippen LogP contribution is -2.49. The van der Waals surface area contributed by atoms with Crippen LogP contribution in [0.2, 0.25) is 0 Å². The first-order chi connectivity index (χ1) is 3.89. The van der Waals surface area contributed by atoms with Crippen LogP contribution in [0.4, 0.5) is 0 Å². The highest BCUT2D eigenvalue weighted by molar-refractivity contribution is 6.20. The fourth-order valence-electron chi connectivity index (χ4n) is 0.0667.